The standard InChI is InChI=1S/C9H6O9.3Na.H2O.3H/c10-5(11)1-3-7(14)17-9(16)18-8(15)4-2-6(12)13;;;;;;;/h1-4H,(H,10,11)(H,12,13);;;;1H2;;;/b3-1-,4-2-;;;;;;;. The predicted octanol–water partition coefficient (Wildman–Crippen LogP) is -3.30. The van der Waals surface area contributed by atoms with Gasteiger partial charge in [0.25, 0.3) is 0 Å². The van der Waals surface area contributed by atoms with E-state index in [2.05, 4.69) is 9.47 Å². The Morgan fingerprint density at radius 1 is 0.636 bits per heavy atom. The minimum atomic E-state index is -1.71. The maximum atomic E-state index is 10.7. The fourth-order valence-electron chi connectivity index (χ4n) is 0.532. The Morgan fingerprint density at radius 2 is 0.909 bits per heavy atom. The van der Waals surface area contributed by atoms with Crippen molar-refractivity contribution >= 4 is 119 Å². The molecule has 0 unspecified atom stereocenters. The summed E-state index contributed by atoms with van der Waals surface area (Å²) in [5.74, 6) is -5.61. The first kappa shape index (κ1) is 33.6. The van der Waals surface area contributed by atoms with E-state index in [0.717, 1.165) is 0 Å². The Bertz CT molecular complexity index is 417. The molecule has 0 fully saturated rings. The van der Waals surface area contributed by atoms with E-state index >= 15 is 0 Å². The average Bonchev–Trinajstić information content (AvgIpc) is 2.23. The number of carboxylic acids is 2. The molecule has 22 heavy (non-hydrogen) atoms. The molecule has 0 heterocycles. The van der Waals surface area contributed by atoms with E-state index < -0.39 is 30.0 Å². The minimum absolute atomic E-state index is 0. The molecular weight excluding hydrogens is 337 g/mol. The van der Waals surface area contributed by atoms with Crippen LogP contribution < -0.4 is 0 Å². The van der Waals surface area contributed by atoms with E-state index in [9.17, 15) is 24.0 Å². The van der Waals surface area contributed by atoms with Crippen molar-refractivity contribution in [1.29, 1.82) is 0 Å². The first-order chi connectivity index (χ1) is 8.31. The Kier molecular flexibility index (Phi) is 29.0. The first-order valence-corrected chi connectivity index (χ1v) is 4.11. The normalized spacial score (nSPS) is 8.36. The number of ether oxygens (including phenoxy) is 2. The van der Waals surface area contributed by atoms with Crippen LogP contribution in [0, 0.1) is 0 Å². The van der Waals surface area contributed by atoms with Gasteiger partial charge in [-0.3, -0.25) is 0 Å². The summed E-state index contributed by atoms with van der Waals surface area (Å²) in [6, 6.07) is 0. The molecule has 0 bridgehead atoms. The molecule has 10 nitrogen and oxygen atoms in total. The third-order valence-corrected chi connectivity index (χ3v) is 1.09. The zero-order chi connectivity index (χ0) is 14.1. The SMILES string of the molecule is O.O=C(O)/C=C\C(=O)OC(=O)OC(=O)/C=C\C(=O)O.[NaH].[NaH].[NaH]. The monoisotopic (exact) mass is 348 g/mol. The predicted molar refractivity (Wildman–Crippen MR) is 76.2 cm³/mol. The summed E-state index contributed by atoms with van der Waals surface area (Å²) in [5, 5.41) is 16.3. The van der Waals surface area contributed by atoms with E-state index in [0.29, 0.717) is 24.3 Å². The maximum absolute atomic E-state index is 10.7. The molecule has 4 N–H and O–H groups in total. The van der Waals surface area contributed by atoms with Crippen LogP contribution in [0.4, 0.5) is 4.79 Å². The molecule has 0 aromatic carbocycles. The van der Waals surface area contributed by atoms with Gasteiger partial charge in [-0.05, 0) is 0 Å². The number of carbonyl (C=O) groups excluding carboxylic acids is 3. The molecule has 0 saturated carbocycles. The van der Waals surface area contributed by atoms with Gasteiger partial charge < -0.3 is 25.2 Å². The van der Waals surface area contributed by atoms with Gasteiger partial charge >= 0.3 is 119 Å². The molecule has 0 atom stereocenters. The quantitative estimate of drug-likeness (QED) is 0.228. The van der Waals surface area contributed by atoms with Crippen molar-refractivity contribution in [3.05, 3.63) is 24.3 Å². The van der Waals surface area contributed by atoms with E-state index in [1.807, 2.05) is 0 Å². The van der Waals surface area contributed by atoms with Crippen LogP contribution in [0.2, 0.25) is 0 Å². The third-order valence-electron chi connectivity index (χ3n) is 1.09. The van der Waals surface area contributed by atoms with Gasteiger partial charge in [0, 0.05) is 24.3 Å². The molecule has 0 aromatic heterocycles. The molecule has 13 heteroatoms. The Morgan fingerprint density at radius 3 is 1.14 bits per heavy atom. The van der Waals surface area contributed by atoms with Crippen LogP contribution in [0.15, 0.2) is 24.3 Å². The van der Waals surface area contributed by atoms with Gasteiger partial charge in [-0.25, -0.2) is 24.0 Å². The first-order valence-electron chi connectivity index (χ1n) is 4.11. The molecule has 0 aliphatic carbocycles. The van der Waals surface area contributed by atoms with Gasteiger partial charge in [0.05, 0.1) is 0 Å². The average molecular weight is 348 g/mol. The van der Waals surface area contributed by atoms with E-state index in [4.69, 9.17) is 10.2 Å². The Labute approximate surface area is 190 Å². The molecule has 0 spiro atoms. The van der Waals surface area contributed by atoms with E-state index in [-0.39, 0.29) is 94.1 Å². The van der Waals surface area contributed by atoms with E-state index in [1.165, 1.54) is 0 Å². The topological polar surface area (TPSA) is 176 Å². The molecule has 0 aromatic rings. The molecular formula is C9H11Na3O10. The van der Waals surface area contributed by atoms with Crippen LogP contribution in [-0.4, -0.2) is 134 Å². The Hall–Kier alpha value is -0.0100. The third kappa shape index (κ3) is 22.3. The number of carbonyl (C=O) groups is 5. The summed E-state index contributed by atoms with van der Waals surface area (Å²) < 4.78 is 7.65. The van der Waals surface area contributed by atoms with Crippen molar-refractivity contribution < 1.29 is 49.1 Å². The van der Waals surface area contributed by atoms with Crippen LogP contribution in [0.25, 0.3) is 0 Å². The second kappa shape index (κ2) is 19.0. The van der Waals surface area contributed by atoms with Gasteiger partial charge in [-0.1, -0.05) is 0 Å². The summed E-state index contributed by atoms with van der Waals surface area (Å²) in [4.78, 5) is 52.1. The zero-order valence-corrected chi connectivity index (χ0v) is 9.06. The van der Waals surface area contributed by atoms with Crippen molar-refractivity contribution in [3.8, 4) is 0 Å². The van der Waals surface area contributed by atoms with Crippen LogP contribution >= 0.6 is 0 Å². The fourth-order valence-corrected chi connectivity index (χ4v) is 0.532. The summed E-state index contributed by atoms with van der Waals surface area (Å²) in [6.45, 7) is 0. The molecule has 0 aliphatic heterocycles. The molecule has 0 radical (unpaired) electrons. The van der Waals surface area contributed by atoms with E-state index in [1.54, 1.807) is 0 Å². The molecule has 0 amide bonds. The molecule has 110 valence electrons. The van der Waals surface area contributed by atoms with Gasteiger partial charge in [0.2, 0.25) is 0 Å². The van der Waals surface area contributed by atoms with Gasteiger partial charge in [0.1, 0.15) is 0 Å². The Balaban J connectivity index is -0.000000241. The number of rotatable bonds is 4. The second-order valence-corrected chi connectivity index (χ2v) is 2.44. The summed E-state index contributed by atoms with van der Waals surface area (Å²) in [7, 11) is 0. The van der Waals surface area contributed by atoms with Crippen molar-refractivity contribution in [3.63, 3.8) is 0 Å². The molecule has 0 aliphatic rings. The van der Waals surface area contributed by atoms with Crippen molar-refractivity contribution in [2.24, 2.45) is 0 Å². The number of hydrogen-bond donors (Lipinski definition) is 2. The summed E-state index contributed by atoms with van der Waals surface area (Å²) in [5.41, 5.74) is 0. The van der Waals surface area contributed by atoms with Gasteiger partial charge in [0.15, 0.2) is 0 Å². The molecule has 0 rings (SSSR count). The second-order valence-electron chi connectivity index (χ2n) is 2.44. The van der Waals surface area contributed by atoms with Crippen LogP contribution in [0.3, 0.4) is 0 Å². The van der Waals surface area contributed by atoms with Gasteiger partial charge in [-0.2, -0.15) is 0 Å². The zero-order valence-electron chi connectivity index (χ0n) is 9.06. The summed E-state index contributed by atoms with van der Waals surface area (Å²) >= 11 is 0. The number of hydrogen-bond acceptors (Lipinski definition) is 7. The van der Waals surface area contributed by atoms with Crippen LogP contribution in [0.5, 0.6) is 0 Å². The number of esters is 2. The van der Waals surface area contributed by atoms with Crippen LogP contribution in [0.1, 0.15) is 0 Å². The van der Waals surface area contributed by atoms with Crippen molar-refractivity contribution in [2.75, 3.05) is 0 Å². The molecule has 0 saturated heterocycles. The van der Waals surface area contributed by atoms with Crippen molar-refractivity contribution in [1.82, 2.24) is 0 Å². The fraction of sp³-hybridized carbons (Fsp3) is 0. The van der Waals surface area contributed by atoms with Crippen molar-refractivity contribution in [2.45, 2.75) is 0 Å². The number of aliphatic carboxylic acids is 2. The number of carboxylic acid groups (broad SMARTS) is 2. The van der Waals surface area contributed by atoms with Crippen LogP contribution in [-0.2, 0) is 28.7 Å². The van der Waals surface area contributed by atoms with Gasteiger partial charge in [-0.15, -0.1) is 0 Å². The summed E-state index contributed by atoms with van der Waals surface area (Å²) in [6.07, 6.45) is -0.0682.